The summed E-state index contributed by atoms with van der Waals surface area (Å²) in [5, 5.41) is 22.8. The van der Waals surface area contributed by atoms with Gasteiger partial charge in [-0.2, -0.15) is 0 Å². The Labute approximate surface area is 198 Å². The van der Waals surface area contributed by atoms with Crippen LogP contribution in [0.2, 0.25) is 0 Å². The average Bonchev–Trinajstić information content (AvgIpc) is 3.54. The number of carbonyl (C=O) groups excluding carboxylic acids is 2. The van der Waals surface area contributed by atoms with Crippen molar-refractivity contribution >= 4 is 28.8 Å². The van der Waals surface area contributed by atoms with Crippen LogP contribution in [0.15, 0.2) is 71.0 Å². The van der Waals surface area contributed by atoms with Gasteiger partial charge in [0.05, 0.1) is 35.0 Å². The van der Waals surface area contributed by atoms with Crippen LogP contribution in [0, 0.1) is 24.0 Å². The van der Waals surface area contributed by atoms with E-state index in [1.807, 2.05) is 19.1 Å². The summed E-state index contributed by atoms with van der Waals surface area (Å²) in [6.07, 6.45) is 3.23. The summed E-state index contributed by atoms with van der Waals surface area (Å²) in [5.41, 5.74) is 2.12. The van der Waals surface area contributed by atoms with E-state index in [1.165, 1.54) is 29.4 Å². The Morgan fingerprint density at radius 2 is 1.97 bits per heavy atom. The molecule has 0 saturated carbocycles. The molecule has 5 rings (SSSR count). The van der Waals surface area contributed by atoms with Crippen molar-refractivity contribution < 1.29 is 24.0 Å². The van der Waals surface area contributed by atoms with Crippen LogP contribution in [-0.2, 0) is 16.1 Å². The number of benzene rings is 1. The van der Waals surface area contributed by atoms with Crippen molar-refractivity contribution in [1.29, 1.82) is 0 Å². The number of imidazole rings is 1. The number of aromatic nitrogens is 2. The number of nitro benzene ring substituents is 1. The summed E-state index contributed by atoms with van der Waals surface area (Å²) >= 11 is 0. The third-order valence-corrected chi connectivity index (χ3v) is 6.15. The number of hydrogen-bond acceptors (Lipinski definition) is 7. The van der Waals surface area contributed by atoms with Crippen LogP contribution >= 0.6 is 0 Å². The fourth-order valence-corrected chi connectivity index (χ4v) is 4.44. The van der Waals surface area contributed by atoms with Gasteiger partial charge in [-0.1, -0.05) is 18.2 Å². The fourth-order valence-electron chi connectivity index (χ4n) is 4.44. The van der Waals surface area contributed by atoms with E-state index < -0.39 is 28.4 Å². The van der Waals surface area contributed by atoms with Crippen LogP contribution < -0.4 is 0 Å². The van der Waals surface area contributed by atoms with Crippen molar-refractivity contribution in [3.05, 3.63) is 105 Å². The van der Waals surface area contributed by atoms with Gasteiger partial charge in [-0.15, -0.1) is 0 Å². The van der Waals surface area contributed by atoms with Gasteiger partial charge in [0.2, 0.25) is 0 Å². The van der Waals surface area contributed by atoms with Gasteiger partial charge in [0.25, 0.3) is 17.4 Å². The highest BCUT2D eigenvalue weighted by molar-refractivity contribution is 6.46. The van der Waals surface area contributed by atoms with Crippen molar-refractivity contribution in [2.75, 3.05) is 0 Å². The Kier molecular flexibility index (Phi) is 5.20. The SMILES string of the molecule is Cc1cccn2c(C)c(/C(O)=C3\C(=O)C(=O)N(Cc4ccco4)C3c3cccc([N+](=O)[O-])c3)nc12. The third kappa shape index (κ3) is 3.55. The topological polar surface area (TPSA) is 131 Å². The number of hydrogen-bond donors (Lipinski definition) is 1. The fraction of sp³-hybridized carbons (Fsp3) is 0.160. The molecule has 0 bridgehead atoms. The maximum atomic E-state index is 13.2. The lowest BCUT2D eigenvalue weighted by Gasteiger charge is -2.24. The monoisotopic (exact) mass is 472 g/mol. The molecule has 0 aliphatic carbocycles. The zero-order valence-electron chi connectivity index (χ0n) is 18.8. The second kappa shape index (κ2) is 8.24. The average molecular weight is 472 g/mol. The molecule has 1 aliphatic heterocycles. The van der Waals surface area contributed by atoms with Crippen LogP contribution in [0.25, 0.3) is 11.4 Å². The summed E-state index contributed by atoms with van der Waals surface area (Å²) < 4.78 is 7.15. The molecule has 10 heteroatoms. The first-order valence-corrected chi connectivity index (χ1v) is 10.8. The van der Waals surface area contributed by atoms with Gasteiger partial charge in [0.1, 0.15) is 17.1 Å². The molecule has 0 spiro atoms. The molecule has 176 valence electrons. The number of aryl methyl sites for hydroxylation is 2. The van der Waals surface area contributed by atoms with E-state index in [1.54, 1.807) is 35.7 Å². The van der Waals surface area contributed by atoms with Crippen molar-refractivity contribution in [3.63, 3.8) is 0 Å². The Bertz CT molecular complexity index is 1530. The minimum absolute atomic E-state index is 0.0645. The van der Waals surface area contributed by atoms with Gasteiger partial charge in [-0.05, 0) is 43.2 Å². The molecule has 1 aliphatic rings. The predicted molar refractivity (Wildman–Crippen MR) is 124 cm³/mol. The van der Waals surface area contributed by atoms with Crippen LogP contribution in [0.1, 0.15) is 34.3 Å². The number of Topliss-reactive ketones (excluding diaryl/α,β-unsaturated/α-hetero) is 1. The minimum Gasteiger partial charge on any atom is -0.505 e. The number of amides is 1. The van der Waals surface area contributed by atoms with Crippen LogP contribution in [0.5, 0.6) is 0 Å². The molecule has 35 heavy (non-hydrogen) atoms. The zero-order chi connectivity index (χ0) is 24.9. The number of aliphatic hydroxyl groups excluding tert-OH is 1. The minimum atomic E-state index is -1.08. The number of nitro groups is 1. The van der Waals surface area contributed by atoms with E-state index in [-0.39, 0.29) is 23.5 Å². The molecule has 4 aromatic rings. The van der Waals surface area contributed by atoms with Gasteiger partial charge < -0.3 is 18.8 Å². The van der Waals surface area contributed by atoms with Gasteiger partial charge >= 0.3 is 0 Å². The lowest BCUT2D eigenvalue weighted by Crippen LogP contribution is -2.29. The smallest absolute Gasteiger partial charge is 0.296 e. The van der Waals surface area contributed by atoms with Gasteiger partial charge in [-0.25, -0.2) is 4.98 Å². The van der Waals surface area contributed by atoms with Crippen LogP contribution in [0.3, 0.4) is 0 Å². The van der Waals surface area contributed by atoms with Crippen molar-refractivity contribution in [3.8, 4) is 0 Å². The highest BCUT2D eigenvalue weighted by atomic mass is 16.6. The van der Waals surface area contributed by atoms with Gasteiger partial charge in [0, 0.05) is 18.3 Å². The number of nitrogens with zero attached hydrogens (tertiary/aromatic N) is 4. The maximum absolute atomic E-state index is 13.2. The molecule has 1 atom stereocenters. The molecular formula is C25H20N4O6. The first kappa shape index (κ1) is 22.1. The molecule has 3 aromatic heterocycles. The quantitative estimate of drug-likeness (QED) is 0.152. The van der Waals surface area contributed by atoms with Crippen molar-refractivity contribution in [2.45, 2.75) is 26.4 Å². The number of aliphatic hydroxyl groups is 1. The first-order valence-electron chi connectivity index (χ1n) is 10.8. The molecule has 1 amide bonds. The zero-order valence-corrected chi connectivity index (χ0v) is 18.8. The van der Waals surface area contributed by atoms with E-state index in [2.05, 4.69) is 4.98 Å². The number of pyridine rings is 1. The number of non-ortho nitro benzene ring substituents is 1. The molecule has 1 saturated heterocycles. The molecule has 1 aromatic carbocycles. The Balaban J connectivity index is 1.73. The Hall–Kier alpha value is -4.73. The highest BCUT2D eigenvalue weighted by Crippen LogP contribution is 2.41. The number of likely N-dealkylation sites (tertiary alicyclic amines) is 1. The summed E-state index contributed by atoms with van der Waals surface area (Å²) in [6.45, 7) is 3.55. The first-order chi connectivity index (χ1) is 16.8. The largest absolute Gasteiger partial charge is 0.505 e. The highest BCUT2D eigenvalue weighted by Gasteiger charge is 2.47. The molecule has 1 fully saturated rings. The second-order valence-electron chi connectivity index (χ2n) is 8.29. The Morgan fingerprint density at radius 1 is 1.17 bits per heavy atom. The molecule has 4 heterocycles. The van der Waals surface area contributed by atoms with E-state index >= 15 is 0 Å². The van der Waals surface area contributed by atoms with Crippen molar-refractivity contribution in [2.24, 2.45) is 0 Å². The molecule has 0 radical (unpaired) electrons. The molecule has 1 unspecified atom stereocenters. The lowest BCUT2D eigenvalue weighted by molar-refractivity contribution is -0.384. The summed E-state index contributed by atoms with van der Waals surface area (Å²) in [7, 11) is 0. The van der Waals surface area contributed by atoms with Crippen LogP contribution in [0.4, 0.5) is 5.69 Å². The van der Waals surface area contributed by atoms with E-state index in [9.17, 15) is 24.8 Å². The summed E-state index contributed by atoms with van der Waals surface area (Å²) in [6, 6.07) is 11.6. The lowest BCUT2D eigenvalue weighted by atomic mass is 9.96. The maximum Gasteiger partial charge on any atom is 0.296 e. The molecular weight excluding hydrogens is 452 g/mol. The number of furan rings is 1. The number of carbonyl (C=O) groups is 2. The molecule has 1 N–H and O–H groups in total. The normalized spacial score (nSPS) is 17.4. The van der Waals surface area contributed by atoms with Crippen LogP contribution in [-0.4, -0.2) is 36.0 Å². The van der Waals surface area contributed by atoms with Crippen molar-refractivity contribution in [1.82, 2.24) is 14.3 Å². The van der Waals surface area contributed by atoms with E-state index in [0.717, 1.165) is 5.56 Å². The number of rotatable bonds is 5. The summed E-state index contributed by atoms with van der Waals surface area (Å²) in [4.78, 5) is 43.0. The van der Waals surface area contributed by atoms with E-state index in [4.69, 9.17) is 4.42 Å². The molecule has 10 nitrogen and oxygen atoms in total. The number of ketones is 1. The van der Waals surface area contributed by atoms with Gasteiger partial charge in [-0.3, -0.25) is 19.7 Å². The third-order valence-electron chi connectivity index (χ3n) is 6.15. The number of fused-ring (bicyclic) bond motifs is 1. The summed E-state index contributed by atoms with van der Waals surface area (Å²) in [5.74, 6) is -1.78. The predicted octanol–water partition coefficient (Wildman–Crippen LogP) is 4.07. The van der Waals surface area contributed by atoms with E-state index in [0.29, 0.717) is 22.7 Å². The van der Waals surface area contributed by atoms with Gasteiger partial charge in [0.15, 0.2) is 5.76 Å². The Morgan fingerprint density at radius 3 is 2.66 bits per heavy atom. The second-order valence-corrected chi connectivity index (χ2v) is 8.29. The standard InChI is InChI=1S/C25H20N4O6/c1-14-6-4-10-27-15(2)20(26-24(14)27)22(30)19-21(16-7-3-8-17(12-16)29(33)34)28(25(32)23(19)31)13-18-9-5-11-35-18/h3-12,21,30H,13H2,1-2H3/b22-19+.